The lowest BCUT2D eigenvalue weighted by atomic mass is 9.85. The number of likely N-dealkylation sites (tertiary alicyclic amines) is 1. The van der Waals surface area contributed by atoms with Gasteiger partial charge < -0.3 is 9.64 Å². The van der Waals surface area contributed by atoms with Crippen LogP contribution in [0.25, 0.3) is 0 Å². The molecule has 4 atom stereocenters. The number of allylic oxidation sites excluding steroid dienone is 2. The Labute approximate surface area is 149 Å². The van der Waals surface area contributed by atoms with Crippen LogP contribution in [0.1, 0.15) is 39.0 Å². The maximum absolute atomic E-state index is 12.5. The third kappa shape index (κ3) is 3.44. The van der Waals surface area contributed by atoms with Crippen LogP contribution in [0.4, 0.5) is 4.79 Å². The molecule has 0 aromatic heterocycles. The summed E-state index contributed by atoms with van der Waals surface area (Å²) in [5.74, 6) is -0.105. The number of rotatable bonds is 8. The van der Waals surface area contributed by atoms with Crippen molar-refractivity contribution in [1.29, 1.82) is 0 Å². The molecule has 6 heteroatoms. The predicted octanol–water partition coefficient (Wildman–Crippen LogP) is 2.44. The normalized spacial score (nSPS) is 29.4. The van der Waals surface area contributed by atoms with Gasteiger partial charge in [0, 0.05) is 13.6 Å². The molecule has 3 amide bonds. The first-order valence-corrected chi connectivity index (χ1v) is 9.46. The Morgan fingerprint density at radius 2 is 1.80 bits per heavy atom. The molecule has 2 fully saturated rings. The van der Waals surface area contributed by atoms with Crippen LogP contribution in [-0.4, -0.2) is 54.5 Å². The SMILES string of the molecule is CCCCCCN(C)C(=O)OCCN1C(=O)[C@@H]2[C@H](C1=O)[C@H]1C=C[C@@H]2C1. The third-order valence-electron chi connectivity index (χ3n) is 5.76. The van der Waals surface area contributed by atoms with Crippen molar-refractivity contribution in [2.75, 3.05) is 26.7 Å². The summed E-state index contributed by atoms with van der Waals surface area (Å²) >= 11 is 0. The van der Waals surface area contributed by atoms with E-state index in [1.165, 1.54) is 11.3 Å². The zero-order chi connectivity index (χ0) is 18.0. The van der Waals surface area contributed by atoms with Gasteiger partial charge in [-0.1, -0.05) is 38.3 Å². The van der Waals surface area contributed by atoms with Crippen molar-refractivity contribution in [1.82, 2.24) is 9.80 Å². The van der Waals surface area contributed by atoms with Gasteiger partial charge in [0.2, 0.25) is 11.8 Å². The summed E-state index contributed by atoms with van der Waals surface area (Å²) in [5, 5.41) is 0. The van der Waals surface area contributed by atoms with Crippen molar-refractivity contribution in [2.45, 2.75) is 39.0 Å². The van der Waals surface area contributed by atoms with Crippen molar-refractivity contribution in [3.05, 3.63) is 12.2 Å². The average Bonchev–Trinajstić information content (AvgIpc) is 3.27. The van der Waals surface area contributed by atoms with Gasteiger partial charge in [0.15, 0.2) is 0 Å². The first-order valence-electron chi connectivity index (χ1n) is 9.46. The lowest BCUT2D eigenvalue weighted by Crippen LogP contribution is -2.37. The van der Waals surface area contributed by atoms with E-state index in [-0.39, 0.29) is 48.6 Å². The second-order valence-electron chi connectivity index (χ2n) is 7.42. The molecular formula is C19H28N2O4. The van der Waals surface area contributed by atoms with Crippen LogP contribution in [0.15, 0.2) is 12.2 Å². The van der Waals surface area contributed by atoms with E-state index in [9.17, 15) is 14.4 Å². The molecule has 6 nitrogen and oxygen atoms in total. The summed E-state index contributed by atoms with van der Waals surface area (Å²) in [6.45, 7) is 3.05. The summed E-state index contributed by atoms with van der Waals surface area (Å²) in [5.41, 5.74) is 0. The maximum Gasteiger partial charge on any atom is 0.409 e. The molecule has 3 aliphatic rings. The van der Waals surface area contributed by atoms with Gasteiger partial charge in [0.1, 0.15) is 6.61 Å². The van der Waals surface area contributed by atoms with Gasteiger partial charge >= 0.3 is 6.09 Å². The van der Waals surface area contributed by atoms with E-state index < -0.39 is 6.09 Å². The smallest absolute Gasteiger partial charge is 0.409 e. The van der Waals surface area contributed by atoms with Gasteiger partial charge in [-0.15, -0.1) is 0 Å². The summed E-state index contributed by atoms with van der Waals surface area (Å²) in [6, 6.07) is 0. The molecule has 1 aliphatic heterocycles. The van der Waals surface area contributed by atoms with E-state index in [2.05, 4.69) is 19.1 Å². The molecule has 0 aromatic carbocycles. The highest BCUT2D eigenvalue weighted by atomic mass is 16.6. The molecule has 0 unspecified atom stereocenters. The van der Waals surface area contributed by atoms with Crippen LogP contribution in [0.3, 0.4) is 0 Å². The molecule has 1 saturated carbocycles. The quantitative estimate of drug-likeness (QED) is 0.384. The summed E-state index contributed by atoms with van der Waals surface area (Å²) in [4.78, 5) is 39.9. The highest BCUT2D eigenvalue weighted by molar-refractivity contribution is 6.06. The number of hydrogen-bond donors (Lipinski definition) is 0. The van der Waals surface area contributed by atoms with E-state index >= 15 is 0 Å². The summed E-state index contributed by atoms with van der Waals surface area (Å²) < 4.78 is 5.24. The van der Waals surface area contributed by atoms with E-state index in [1.807, 2.05) is 0 Å². The van der Waals surface area contributed by atoms with Crippen molar-refractivity contribution >= 4 is 17.9 Å². The van der Waals surface area contributed by atoms with Crippen molar-refractivity contribution in [3.8, 4) is 0 Å². The second kappa shape index (κ2) is 7.58. The molecule has 0 N–H and O–H groups in total. The number of hydrogen-bond acceptors (Lipinski definition) is 4. The second-order valence-corrected chi connectivity index (χ2v) is 7.42. The number of nitrogens with zero attached hydrogens (tertiary/aromatic N) is 2. The van der Waals surface area contributed by atoms with E-state index in [1.54, 1.807) is 11.9 Å². The number of ether oxygens (including phenoxy) is 1. The molecule has 0 radical (unpaired) electrons. The predicted molar refractivity (Wildman–Crippen MR) is 92.6 cm³/mol. The molecule has 3 rings (SSSR count). The molecule has 1 heterocycles. The summed E-state index contributed by atoms with van der Waals surface area (Å²) in [6.07, 6.45) is 9.08. The maximum atomic E-state index is 12.5. The minimum Gasteiger partial charge on any atom is -0.448 e. The van der Waals surface area contributed by atoms with Gasteiger partial charge in [-0.05, 0) is 24.7 Å². The molecule has 25 heavy (non-hydrogen) atoms. The Morgan fingerprint density at radius 3 is 2.40 bits per heavy atom. The van der Waals surface area contributed by atoms with Crippen LogP contribution in [0.5, 0.6) is 0 Å². The van der Waals surface area contributed by atoms with Crippen LogP contribution >= 0.6 is 0 Å². The van der Waals surface area contributed by atoms with Gasteiger partial charge in [-0.3, -0.25) is 14.5 Å². The fourth-order valence-electron chi connectivity index (χ4n) is 4.39. The first-order chi connectivity index (χ1) is 12.0. The van der Waals surface area contributed by atoms with Crippen molar-refractivity contribution in [2.24, 2.45) is 23.7 Å². The lowest BCUT2D eigenvalue weighted by Gasteiger charge is -2.20. The van der Waals surface area contributed by atoms with Gasteiger partial charge in [0.05, 0.1) is 18.4 Å². The Kier molecular flexibility index (Phi) is 5.45. The molecule has 0 spiro atoms. The Bertz CT molecular complexity index is 544. The molecule has 0 aromatic rings. The van der Waals surface area contributed by atoms with E-state index in [0.717, 1.165) is 25.7 Å². The zero-order valence-electron chi connectivity index (χ0n) is 15.1. The highest BCUT2D eigenvalue weighted by Gasteiger charge is 2.59. The highest BCUT2D eigenvalue weighted by Crippen LogP contribution is 2.52. The fourth-order valence-corrected chi connectivity index (χ4v) is 4.39. The molecule has 2 aliphatic carbocycles. The minimum absolute atomic E-state index is 0.0673. The number of carbonyl (C=O) groups is 3. The lowest BCUT2D eigenvalue weighted by molar-refractivity contribution is -0.141. The van der Waals surface area contributed by atoms with Crippen LogP contribution in [0.2, 0.25) is 0 Å². The minimum atomic E-state index is -0.391. The van der Waals surface area contributed by atoms with Gasteiger partial charge in [-0.2, -0.15) is 0 Å². The number of amides is 3. The largest absolute Gasteiger partial charge is 0.448 e. The van der Waals surface area contributed by atoms with Crippen molar-refractivity contribution < 1.29 is 19.1 Å². The number of carbonyl (C=O) groups excluding carboxylic acids is 3. The zero-order valence-corrected chi connectivity index (χ0v) is 15.1. The van der Waals surface area contributed by atoms with Gasteiger partial charge in [-0.25, -0.2) is 4.79 Å². The standard InChI is InChI=1S/C19H28N2O4/c1-3-4-5-6-9-20(2)19(24)25-11-10-21-17(22)15-13-7-8-14(12-13)16(15)18(21)23/h7-8,13-16H,3-6,9-12H2,1-2H3/t13-,14+,15+,16-. The fraction of sp³-hybridized carbons (Fsp3) is 0.737. The third-order valence-corrected chi connectivity index (χ3v) is 5.76. The Balaban J connectivity index is 1.41. The number of fused-ring (bicyclic) bond motifs is 5. The molecule has 138 valence electrons. The topological polar surface area (TPSA) is 66.9 Å². The Hall–Kier alpha value is -1.85. The molecular weight excluding hydrogens is 320 g/mol. The van der Waals surface area contributed by atoms with E-state index in [0.29, 0.717) is 6.54 Å². The van der Waals surface area contributed by atoms with Crippen molar-refractivity contribution in [3.63, 3.8) is 0 Å². The van der Waals surface area contributed by atoms with Crippen LogP contribution in [-0.2, 0) is 14.3 Å². The van der Waals surface area contributed by atoms with Crippen LogP contribution < -0.4 is 0 Å². The monoisotopic (exact) mass is 348 g/mol. The Morgan fingerprint density at radius 1 is 1.16 bits per heavy atom. The van der Waals surface area contributed by atoms with E-state index in [4.69, 9.17) is 4.74 Å². The number of imide groups is 1. The van der Waals surface area contributed by atoms with Crippen LogP contribution in [0, 0.1) is 23.7 Å². The summed E-state index contributed by atoms with van der Waals surface area (Å²) in [7, 11) is 1.72. The average molecular weight is 348 g/mol. The first kappa shape index (κ1) is 18.0. The molecule has 2 bridgehead atoms. The molecule has 1 saturated heterocycles. The van der Waals surface area contributed by atoms with Gasteiger partial charge in [0.25, 0.3) is 0 Å². The number of unbranched alkanes of at least 4 members (excludes halogenated alkanes) is 3.